The molecule has 0 aromatic heterocycles. The fraction of sp³-hybridized carbons (Fsp3) is 0.0714. The van der Waals surface area contributed by atoms with E-state index in [1.807, 2.05) is 48.5 Å². The van der Waals surface area contributed by atoms with Crippen LogP contribution in [0.2, 0.25) is 0 Å². The quantitative estimate of drug-likeness (QED) is 0.210. The number of ether oxygens (including phenoxy) is 1. The average Bonchev–Trinajstić information content (AvgIpc) is 2.90. The number of nitrogens with one attached hydrogen (secondary N) is 2. The molecule has 4 rings (SSSR count). The van der Waals surface area contributed by atoms with E-state index in [0.29, 0.717) is 29.3 Å². The van der Waals surface area contributed by atoms with Gasteiger partial charge >= 0.3 is 11.8 Å². The molecule has 0 saturated heterocycles. The molecule has 0 heterocycles. The van der Waals surface area contributed by atoms with Gasteiger partial charge in [0.2, 0.25) is 5.91 Å². The molecule has 4 N–H and O–H groups in total. The molecule has 0 atom stereocenters. The van der Waals surface area contributed by atoms with Crippen molar-refractivity contribution in [1.29, 1.82) is 0 Å². The van der Waals surface area contributed by atoms with Crippen LogP contribution < -0.4 is 21.2 Å². The minimum Gasteiger partial charge on any atom is -0.489 e. The number of hydrogen-bond donors (Lipinski definition) is 3. The van der Waals surface area contributed by atoms with E-state index in [1.54, 1.807) is 6.92 Å². The number of amides is 3. The predicted octanol–water partition coefficient (Wildman–Crippen LogP) is 4.00. The highest BCUT2D eigenvalue weighted by molar-refractivity contribution is 6.39. The minimum atomic E-state index is -0.927. The summed E-state index contributed by atoms with van der Waals surface area (Å²) >= 11 is 0. The highest BCUT2D eigenvalue weighted by Gasteiger charge is 2.14. The van der Waals surface area contributed by atoms with Crippen LogP contribution in [0.5, 0.6) is 5.75 Å². The van der Waals surface area contributed by atoms with E-state index in [2.05, 4.69) is 34.0 Å². The summed E-state index contributed by atoms with van der Waals surface area (Å²) in [4.78, 5) is 35.3. The molecule has 4 aromatic rings. The van der Waals surface area contributed by atoms with Gasteiger partial charge in [-0.3, -0.25) is 14.4 Å². The lowest BCUT2D eigenvalue weighted by Crippen LogP contribution is -2.33. The van der Waals surface area contributed by atoms with Gasteiger partial charge in [-0.05, 0) is 77.4 Å². The fourth-order valence-corrected chi connectivity index (χ4v) is 3.53. The van der Waals surface area contributed by atoms with E-state index in [1.165, 1.54) is 24.3 Å². The van der Waals surface area contributed by atoms with Crippen molar-refractivity contribution in [3.8, 4) is 5.75 Å². The first-order valence-corrected chi connectivity index (χ1v) is 11.2. The molecule has 0 aliphatic rings. The van der Waals surface area contributed by atoms with Crippen molar-refractivity contribution in [2.45, 2.75) is 13.5 Å². The number of primary amides is 1. The predicted molar refractivity (Wildman–Crippen MR) is 139 cm³/mol. The normalized spacial score (nSPS) is 11.1. The summed E-state index contributed by atoms with van der Waals surface area (Å²) in [7, 11) is 0. The maximum Gasteiger partial charge on any atom is 0.329 e. The Morgan fingerprint density at radius 2 is 1.47 bits per heavy atom. The maximum absolute atomic E-state index is 12.1. The van der Waals surface area contributed by atoms with Crippen molar-refractivity contribution in [3.63, 3.8) is 0 Å². The van der Waals surface area contributed by atoms with Crippen LogP contribution in [-0.4, -0.2) is 23.4 Å². The van der Waals surface area contributed by atoms with E-state index in [9.17, 15) is 14.4 Å². The van der Waals surface area contributed by atoms with Gasteiger partial charge < -0.3 is 15.8 Å². The number of carbonyl (C=O) groups is 3. The summed E-state index contributed by atoms with van der Waals surface area (Å²) in [6.45, 7) is 2.15. The Kier molecular flexibility index (Phi) is 7.36. The third-order valence-electron chi connectivity index (χ3n) is 5.51. The van der Waals surface area contributed by atoms with Gasteiger partial charge in [0.1, 0.15) is 12.4 Å². The standard InChI is InChI=1S/C28H24N4O4/c1-18(31-32-28(35)27(34)30-23-13-9-21(10-14-23)26(29)33)19-11-15-24(16-12-19)36-17-22-7-4-6-20-5-2-3-8-25(20)22/h2-16H,17H2,1H3,(H2,29,33)(H,30,34)(H,32,35). The van der Waals surface area contributed by atoms with Gasteiger partial charge in [-0.15, -0.1) is 0 Å². The largest absolute Gasteiger partial charge is 0.489 e. The van der Waals surface area contributed by atoms with Gasteiger partial charge in [0, 0.05) is 11.3 Å². The lowest BCUT2D eigenvalue weighted by atomic mass is 10.1. The molecule has 8 heteroatoms. The van der Waals surface area contributed by atoms with Crippen molar-refractivity contribution < 1.29 is 19.1 Å². The van der Waals surface area contributed by atoms with E-state index < -0.39 is 17.7 Å². The molecule has 0 unspecified atom stereocenters. The zero-order valence-corrected chi connectivity index (χ0v) is 19.5. The second-order valence-corrected chi connectivity index (χ2v) is 7.99. The highest BCUT2D eigenvalue weighted by atomic mass is 16.5. The highest BCUT2D eigenvalue weighted by Crippen LogP contribution is 2.21. The summed E-state index contributed by atoms with van der Waals surface area (Å²) in [5.74, 6) is -1.70. The topological polar surface area (TPSA) is 123 Å². The number of rotatable bonds is 7. The van der Waals surface area contributed by atoms with Crippen LogP contribution >= 0.6 is 0 Å². The molecular weight excluding hydrogens is 456 g/mol. The molecule has 0 spiro atoms. The van der Waals surface area contributed by atoms with Crippen LogP contribution in [0.3, 0.4) is 0 Å². The molecule has 0 fully saturated rings. The summed E-state index contributed by atoms with van der Waals surface area (Å²) in [5, 5.41) is 8.75. The van der Waals surface area contributed by atoms with Crippen LogP contribution in [0.4, 0.5) is 5.69 Å². The molecule has 180 valence electrons. The van der Waals surface area contributed by atoms with Crippen LogP contribution in [0.15, 0.2) is 96.1 Å². The monoisotopic (exact) mass is 480 g/mol. The summed E-state index contributed by atoms with van der Waals surface area (Å²) < 4.78 is 5.95. The summed E-state index contributed by atoms with van der Waals surface area (Å²) in [6.07, 6.45) is 0. The Morgan fingerprint density at radius 1 is 0.806 bits per heavy atom. The number of hydrogen-bond acceptors (Lipinski definition) is 5. The van der Waals surface area contributed by atoms with E-state index in [0.717, 1.165) is 21.9 Å². The van der Waals surface area contributed by atoms with E-state index >= 15 is 0 Å². The van der Waals surface area contributed by atoms with Crippen molar-refractivity contribution >= 4 is 39.9 Å². The van der Waals surface area contributed by atoms with Crippen molar-refractivity contribution in [2.75, 3.05) is 5.32 Å². The molecule has 0 bridgehead atoms. The number of nitrogens with two attached hydrogens (primary N) is 1. The first kappa shape index (κ1) is 24.2. The summed E-state index contributed by atoms with van der Waals surface area (Å²) in [5.41, 5.74) is 10.4. The smallest absolute Gasteiger partial charge is 0.329 e. The molecule has 0 radical (unpaired) electrons. The zero-order chi connectivity index (χ0) is 25.5. The van der Waals surface area contributed by atoms with Gasteiger partial charge in [0.05, 0.1) is 5.71 Å². The Hall–Kier alpha value is -4.98. The maximum atomic E-state index is 12.1. The van der Waals surface area contributed by atoms with Gasteiger partial charge in [-0.1, -0.05) is 42.5 Å². The van der Waals surface area contributed by atoms with Crippen molar-refractivity contribution in [1.82, 2.24) is 5.43 Å². The Bertz CT molecular complexity index is 1440. The first-order chi connectivity index (χ1) is 17.4. The lowest BCUT2D eigenvalue weighted by Gasteiger charge is -2.10. The van der Waals surface area contributed by atoms with Crippen molar-refractivity contribution in [3.05, 3.63) is 108 Å². The second-order valence-electron chi connectivity index (χ2n) is 7.99. The molecule has 8 nitrogen and oxygen atoms in total. The molecule has 36 heavy (non-hydrogen) atoms. The molecule has 4 aromatic carbocycles. The lowest BCUT2D eigenvalue weighted by molar-refractivity contribution is -0.136. The van der Waals surface area contributed by atoms with Gasteiger partial charge in [0.15, 0.2) is 0 Å². The van der Waals surface area contributed by atoms with Crippen LogP contribution in [0, 0.1) is 0 Å². The molecule has 0 aliphatic carbocycles. The third kappa shape index (κ3) is 5.92. The summed E-state index contributed by atoms with van der Waals surface area (Å²) in [6, 6.07) is 27.4. The average molecular weight is 481 g/mol. The minimum absolute atomic E-state index is 0.294. The van der Waals surface area contributed by atoms with Crippen LogP contribution in [-0.2, 0) is 16.2 Å². The number of benzene rings is 4. The van der Waals surface area contributed by atoms with Crippen LogP contribution in [0.1, 0.15) is 28.4 Å². The van der Waals surface area contributed by atoms with Crippen LogP contribution in [0.25, 0.3) is 10.8 Å². The molecule has 0 aliphatic heterocycles. The molecule has 3 amide bonds. The first-order valence-electron chi connectivity index (χ1n) is 11.2. The number of nitrogens with zero attached hydrogens (tertiary/aromatic N) is 1. The third-order valence-corrected chi connectivity index (χ3v) is 5.51. The molecule has 0 saturated carbocycles. The van der Waals surface area contributed by atoms with Crippen molar-refractivity contribution in [2.24, 2.45) is 10.8 Å². The number of anilines is 1. The van der Waals surface area contributed by atoms with E-state index in [4.69, 9.17) is 10.5 Å². The Balaban J connectivity index is 1.31. The van der Waals surface area contributed by atoms with Gasteiger partial charge in [-0.2, -0.15) is 5.10 Å². The van der Waals surface area contributed by atoms with E-state index in [-0.39, 0.29) is 0 Å². The number of carbonyl (C=O) groups excluding carboxylic acids is 3. The second kappa shape index (κ2) is 11.0. The number of fused-ring (bicyclic) bond motifs is 1. The SMILES string of the molecule is CC(=NNC(=O)C(=O)Nc1ccc(C(N)=O)cc1)c1ccc(OCc2cccc3ccccc23)cc1. The van der Waals surface area contributed by atoms with Gasteiger partial charge in [-0.25, -0.2) is 5.43 Å². The Morgan fingerprint density at radius 3 is 2.19 bits per heavy atom. The van der Waals surface area contributed by atoms with Gasteiger partial charge in [0.25, 0.3) is 0 Å². The molecular formula is C28H24N4O4. The number of hydrazone groups is 1. The zero-order valence-electron chi connectivity index (χ0n) is 19.5. The fourth-order valence-electron chi connectivity index (χ4n) is 3.53. The Labute approximate surface area is 207 Å².